The van der Waals surface area contributed by atoms with E-state index in [1.807, 2.05) is 60.7 Å². The van der Waals surface area contributed by atoms with Crippen molar-refractivity contribution in [1.29, 1.82) is 0 Å². The predicted molar refractivity (Wildman–Crippen MR) is 121 cm³/mol. The number of nitro groups is 1. The number of ether oxygens (including phenoxy) is 1. The van der Waals surface area contributed by atoms with Crippen LogP contribution in [0.5, 0.6) is 11.5 Å². The zero-order valence-electron chi connectivity index (χ0n) is 17.0. The number of nitrogens with zero attached hydrogens (tertiary/aromatic N) is 1. The standard InChI is InChI=1S/C25H20N2O5/c28-21-15-14-17-8-4-5-11-19(17)24(21)25(18-9-2-1-3-10-18)26-23(29)16-32-22-13-7-6-12-20(22)27(30)31/h1-15,25,28H,16H2,(H,26,29)/t25-/m0/s1. The Bertz CT molecular complexity index is 1270. The zero-order valence-corrected chi connectivity index (χ0v) is 17.0. The van der Waals surface area contributed by atoms with Crippen LogP contribution < -0.4 is 10.1 Å². The number of carbonyl (C=O) groups excluding carboxylic acids is 1. The second-order valence-electron chi connectivity index (χ2n) is 7.14. The molecule has 0 aromatic heterocycles. The number of para-hydroxylation sites is 2. The molecule has 0 heterocycles. The number of nitrogens with one attached hydrogen (secondary N) is 1. The average molecular weight is 428 g/mol. The number of phenolic OH excluding ortho intramolecular Hbond substituents is 1. The Morgan fingerprint density at radius 1 is 0.938 bits per heavy atom. The molecule has 0 spiro atoms. The Hall–Kier alpha value is -4.39. The minimum atomic E-state index is -0.649. The predicted octanol–water partition coefficient (Wildman–Crippen LogP) is 4.74. The van der Waals surface area contributed by atoms with Crippen LogP contribution in [0.15, 0.2) is 91.0 Å². The lowest BCUT2D eigenvalue weighted by Crippen LogP contribution is -2.33. The quantitative estimate of drug-likeness (QED) is 0.327. The van der Waals surface area contributed by atoms with Gasteiger partial charge in [0, 0.05) is 11.6 Å². The van der Waals surface area contributed by atoms with Crippen LogP contribution in [0.4, 0.5) is 5.69 Å². The van der Waals surface area contributed by atoms with Gasteiger partial charge < -0.3 is 15.2 Å². The maximum Gasteiger partial charge on any atom is 0.310 e. The van der Waals surface area contributed by atoms with Gasteiger partial charge in [-0.1, -0.05) is 72.8 Å². The molecule has 7 nitrogen and oxygen atoms in total. The van der Waals surface area contributed by atoms with Gasteiger partial charge in [0.25, 0.3) is 5.91 Å². The first-order chi connectivity index (χ1) is 15.5. The first kappa shape index (κ1) is 20.9. The summed E-state index contributed by atoms with van der Waals surface area (Å²) in [6, 6.07) is 25.5. The van der Waals surface area contributed by atoms with Crippen molar-refractivity contribution < 1.29 is 19.6 Å². The van der Waals surface area contributed by atoms with Crippen LogP contribution in [-0.2, 0) is 4.79 Å². The summed E-state index contributed by atoms with van der Waals surface area (Å²) in [5.74, 6) is -0.418. The Balaban J connectivity index is 1.65. The van der Waals surface area contributed by atoms with Gasteiger partial charge in [-0.25, -0.2) is 0 Å². The first-order valence-corrected chi connectivity index (χ1v) is 9.95. The molecule has 4 rings (SSSR count). The van der Waals surface area contributed by atoms with Crippen molar-refractivity contribution in [2.75, 3.05) is 6.61 Å². The number of benzene rings is 4. The number of amides is 1. The second kappa shape index (κ2) is 9.18. The molecule has 4 aromatic carbocycles. The van der Waals surface area contributed by atoms with Gasteiger partial charge in [0.05, 0.1) is 11.0 Å². The number of rotatable bonds is 7. The number of phenols is 1. The summed E-state index contributed by atoms with van der Waals surface area (Å²) in [6.07, 6.45) is 0. The molecule has 0 aliphatic rings. The van der Waals surface area contributed by atoms with E-state index in [9.17, 15) is 20.0 Å². The molecule has 4 aromatic rings. The van der Waals surface area contributed by atoms with Gasteiger partial charge in [-0.05, 0) is 28.5 Å². The summed E-state index contributed by atoms with van der Waals surface area (Å²) in [5, 5.41) is 26.5. The molecule has 0 bridgehead atoms. The van der Waals surface area contributed by atoms with E-state index < -0.39 is 23.5 Å². The van der Waals surface area contributed by atoms with Crippen molar-refractivity contribution >= 4 is 22.4 Å². The summed E-state index contributed by atoms with van der Waals surface area (Å²) in [5.41, 5.74) is 1.12. The van der Waals surface area contributed by atoms with Crippen LogP contribution in [0.1, 0.15) is 17.2 Å². The van der Waals surface area contributed by atoms with Crippen molar-refractivity contribution in [2.45, 2.75) is 6.04 Å². The topological polar surface area (TPSA) is 102 Å². The maximum atomic E-state index is 12.8. The van der Waals surface area contributed by atoms with Crippen LogP contribution in [0.2, 0.25) is 0 Å². The van der Waals surface area contributed by atoms with E-state index in [1.54, 1.807) is 12.1 Å². The molecule has 0 fully saturated rings. The fourth-order valence-corrected chi connectivity index (χ4v) is 3.63. The van der Waals surface area contributed by atoms with Crippen LogP contribution in [0, 0.1) is 10.1 Å². The van der Waals surface area contributed by atoms with Crippen molar-refractivity contribution in [3.63, 3.8) is 0 Å². The fraction of sp³-hybridized carbons (Fsp3) is 0.0800. The smallest absolute Gasteiger partial charge is 0.310 e. The number of aromatic hydroxyl groups is 1. The van der Waals surface area contributed by atoms with E-state index in [2.05, 4.69) is 5.32 Å². The molecule has 0 radical (unpaired) electrons. The molecule has 0 aliphatic heterocycles. The van der Waals surface area contributed by atoms with Crippen LogP contribution in [0.3, 0.4) is 0 Å². The van der Waals surface area contributed by atoms with Crippen LogP contribution >= 0.6 is 0 Å². The lowest BCUT2D eigenvalue weighted by atomic mass is 9.92. The number of carbonyl (C=O) groups is 1. The van der Waals surface area contributed by atoms with Gasteiger partial charge in [0.2, 0.25) is 0 Å². The molecule has 0 saturated heterocycles. The molecule has 160 valence electrons. The largest absolute Gasteiger partial charge is 0.508 e. The van der Waals surface area contributed by atoms with Gasteiger partial charge in [-0.2, -0.15) is 0 Å². The zero-order chi connectivity index (χ0) is 22.5. The van der Waals surface area contributed by atoms with Crippen molar-refractivity contribution in [3.8, 4) is 11.5 Å². The number of hydrogen-bond donors (Lipinski definition) is 2. The van der Waals surface area contributed by atoms with Crippen LogP contribution in [-0.4, -0.2) is 22.5 Å². The highest BCUT2D eigenvalue weighted by atomic mass is 16.6. The van der Waals surface area contributed by atoms with Gasteiger partial charge >= 0.3 is 5.69 Å². The van der Waals surface area contributed by atoms with Crippen molar-refractivity contribution in [1.82, 2.24) is 5.32 Å². The molecule has 1 atom stereocenters. The molecule has 0 aliphatic carbocycles. The molecule has 32 heavy (non-hydrogen) atoms. The summed E-state index contributed by atoms with van der Waals surface area (Å²) < 4.78 is 5.43. The van der Waals surface area contributed by atoms with Gasteiger partial charge in [-0.3, -0.25) is 14.9 Å². The third-order valence-electron chi connectivity index (χ3n) is 5.10. The van der Waals surface area contributed by atoms with E-state index in [0.717, 1.165) is 16.3 Å². The Labute approximate surface area is 184 Å². The third kappa shape index (κ3) is 4.37. The van der Waals surface area contributed by atoms with Gasteiger partial charge in [-0.15, -0.1) is 0 Å². The monoisotopic (exact) mass is 428 g/mol. The third-order valence-corrected chi connectivity index (χ3v) is 5.10. The number of fused-ring (bicyclic) bond motifs is 1. The van der Waals surface area contributed by atoms with E-state index >= 15 is 0 Å². The minimum Gasteiger partial charge on any atom is -0.508 e. The molecule has 0 unspecified atom stereocenters. The Morgan fingerprint density at radius 3 is 2.41 bits per heavy atom. The Morgan fingerprint density at radius 2 is 1.62 bits per heavy atom. The highest BCUT2D eigenvalue weighted by Crippen LogP contribution is 2.36. The maximum absolute atomic E-state index is 12.8. The van der Waals surface area contributed by atoms with E-state index in [-0.39, 0.29) is 17.2 Å². The second-order valence-corrected chi connectivity index (χ2v) is 7.14. The summed E-state index contributed by atoms with van der Waals surface area (Å²) in [7, 11) is 0. The van der Waals surface area contributed by atoms with Crippen molar-refractivity contribution in [2.24, 2.45) is 0 Å². The molecule has 7 heteroatoms. The lowest BCUT2D eigenvalue weighted by molar-refractivity contribution is -0.385. The van der Waals surface area contributed by atoms with E-state index in [4.69, 9.17) is 4.74 Å². The number of nitro benzene ring substituents is 1. The minimum absolute atomic E-state index is 0.0110. The highest BCUT2D eigenvalue weighted by Gasteiger charge is 2.23. The highest BCUT2D eigenvalue weighted by molar-refractivity contribution is 5.89. The Kier molecular flexibility index (Phi) is 5.98. The van der Waals surface area contributed by atoms with E-state index in [1.165, 1.54) is 18.2 Å². The van der Waals surface area contributed by atoms with E-state index in [0.29, 0.717) is 5.56 Å². The lowest BCUT2D eigenvalue weighted by Gasteiger charge is -2.22. The molecule has 2 N–H and O–H groups in total. The summed E-state index contributed by atoms with van der Waals surface area (Å²) in [4.78, 5) is 23.4. The summed E-state index contributed by atoms with van der Waals surface area (Å²) >= 11 is 0. The average Bonchev–Trinajstić information content (AvgIpc) is 2.82. The normalized spacial score (nSPS) is 11.6. The SMILES string of the molecule is O=C(COc1ccccc1[N+](=O)[O-])N[C@@H](c1ccccc1)c1c(O)ccc2ccccc12. The molecule has 0 saturated carbocycles. The van der Waals surface area contributed by atoms with Gasteiger partial charge in [0.15, 0.2) is 12.4 Å². The van der Waals surface area contributed by atoms with Crippen molar-refractivity contribution in [3.05, 3.63) is 112 Å². The molecular weight excluding hydrogens is 408 g/mol. The molecule has 1 amide bonds. The van der Waals surface area contributed by atoms with Crippen LogP contribution in [0.25, 0.3) is 10.8 Å². The first-order valence-electron chi connectivity index (χ1n) is 9.95. The number of hydrogen-bond acceptors (Lipinski definition) is 5. The summed E-state index contributed by atoms with van der Waals surface area (Å²) in [6.45, 7) is -0.417. The fourth-order valence-electron chi connectivity index (χ4n) is 3.63. The molecular formula is C25H20N2O5. The van der Waals surface area contributed by atoms with Gasteiger partial charge in [0.1, 0.15) is 5.75 Å².